The lowest BCUT2D eigenvalue weighted by Crippen LogP contribution is -2.57. The highest BCUT2D eigenvalue weighted by atomic mass is 32.2. The number of methoxy groups -OCH3 is 1. The largest absolute Gasteiger partial charge is 0.497 e. The van der Waals surface area contributed by atoms with Crippen molar-refractivity contribution in [3.05, 3.63) is 24.3 Å². The van der Waals surface area contributed by atoms with Crippen molar-refractivity contribution >= 4 is 10.0 Å². The molecule has 1 fully saturated rings. The van der Waals surface area contributed by atoms with E-state index in [1.54, 1.807) is 25.2 Å². The number of hydrogen-bond donors (Lipinski definition) is 1. The van der Waals surface area contributed by atoms with Crippen LogP contribution in [0.5, 0.6) is 5.75 Å². The number of ether oxygens (including phenoxy) is 1. The Labute approximate surface area is 101 Å². The van der Waals surface area contributed by atoms with Gasteiger partial charge in [0.25, 0.3) is 0 Å². The van der Waals surface area contributed by atoms with Crippen molar-refractivity contribution in [2.24, 2.45) is 0 Å². The molecule has 17 heavy (non-hydrogen) atoms. The molecular formula is C11H16N2O3S. The molecule has 0 unspecified atom stereocenters. The van der Waals surface area contributed by atoms with Crippen molar-refractivity contribution in [3.63, 3.8) is 0 Å². The third-order valence-corrected chi connectivity index (χ3v) is 4.90. The lowest BCUT2D eigenvalue weighted by atomic mass is 10.2. The maximum Gasteiger partial charge on any atom is 0.243 e. The fourth-order valence-corrected chi connectivity index (χ4v) is 3.04. The van der Waals surface area contributed by atoms with Crippen LogP contribution in [0.15, 0.2) is 29.2 Å². The van der Waals surface area contributed by atoms with Crippen LogP contribution >= 0.6 is 0 Å². The molecule has 94 valence electrons. The van der Waals surface area contributed by atoms with Gasteiger partial charge in [-0.2, -0.15) is 4.31 Å². The first-order valence-electron chi connectivity index (χ1n) is 5.38. The van der Waals surface area contributed by atoms with Crippen LogP contribution in [0.2, 0.25) is 0 Å². The van der Waals surface area contributed by atoms with Gasteiger partial charge in [-0.25, -0.2) is 8.42 Å². The third kappa shape index (κ3) is 2.29. The van der Waals surface area contributed by atoms with E-state index in [1.807, 2.05) is 0 Å². The van der Waals surface area contributed by atoms with E-state index in [0.717, 1.165) is 0 Å². The van der Waals surface area contributed by atoms with Crippen LogP contribution < -0.4 is 10.1 Å². The number of likely N-dealkylation sites (N-methyl/N-ethyl adjacent to an activating group) is 1. The van der Waals surface area contributed by atoms with Crippen LogP contribution in [0.25, 0.3) is 0 Å². The van der Waals surface area contributed by atoms with Gasteiger partial charge < -0.3 is 10.1 Å². The minimum atomic E-state index is -3.42. The van der Waals surface area contributed by atoms with E-state index in [-0.39, 0.29) is 10.9 Å². The first-order chi connectivity index (χ1) is 8.05. The minimum Gasteiger partial charge on any atom is -0.497 e. The Morgan fingerprint density at radius 3 is 2.65 bits per heavy atom. The molecule has 0 radical (unpaired) electrons. The third-order valence-electron chi connectivity index (χ3n) is 2.99. The molecule has 1 saturated heterocycles. The van der Waals surface area contributed by atoms with E-state index in [1.165, 1.54) is 17.5 Å². The Kier molecular flexibility index (Phi) is 3.37. The van der Waals surface area contributed by atoms with Crippen molar-refractivity contribution < 1.29 is 13.2 Å². The SMILES string of the molecule is COc1cccc(S(=O)(=O)N(C)C2CNC2)c1. The van der Waals surface area contributed by atoms with Crippen LogP contribution in [-0.2, 0) is 10.0 Å². The smallest absolute Gasteiger partial charge is 0.243 e. The molecule has 1 heterocycles. The number of benzene rings is 1. The standard InChI is InChI=1S/C11H16N2O3S/c1-13(9-7-12-8-9)17(14,15)11-5-3-4-10(6-11)16-2/h3-6,9,12H,7-8H2,1-2H3. The summed E-state index contributed by atoms with van der Waals surface area (Å²) in [7, 11) is -0.288. The molecule has 5 nitrogen and oxygen atoms in total. The summed E-state index contributed by atoms with van der Waals surface area (Å²) in [5, 5.41) is 3.06. The molecule has 6 heteroatoms. The van der Waals surface area contributed by atoms with Gasteiger partial charge in [0.05, 0.1) is 12.0 Å². The number of nitrogens with zero attached hydrogens (tertiary/aromatic N) is 1. The molecule has 0 spiro atoms. The van der Waals surface area contributed by atoms with E-state index >= 15 is 0 Å². The maximum atomic E-state index is 12.3. The maximum absolute atomic E-state index is 12.3. The van der Waals surface area contributed by atoms with E-state index in [0.29, 0.717) is 18.8 Å². The summed E-state index contributed by atoms with van der Waals surface area (Å²) in [4.78, 5) is 0.270. The Balaban J connectivity index is 2.29. The molecule has 0 atom stereocenters. The molecule has 1 aliphatic heterocycles. The highest BCUT2D eigenvalue weighted by molar-refractivity contribution is 7.89. The summed E-state index contributed by atoms with van der Waals surface area (Å²) in [6.45, 7) is 1.42. The number of hydrogen-bond acceptors (Lipinski definition) is 4. The summed E-state index contributed by atoms with van der Waals surface area (Å²) >= 11 is 0. The first kappa shape index (κ1) is 12.3. The predicted molar refractivity (Wildman–Crippen MR) is 64.6 cm³/mol. The molecule has 1 aliphatic rings. The van der Waals surface area contributed by atoms with Gasteiger partial charge in [0.1, 0.15) is 5.75 Å². The Morgan fingerprint density at radius 2 is 2.12 bits per heavy atom. The summed E-state index contributed by atoms with van der Waals surface area (Å²) in [6, 6.07) is 6.58. The van der Waals surface area contributed by atoms with Gasteiger partial charge in [0.15, 0.2) is 0 Å². The number of nitrogens with one attached hydrogen (secondary N) is 1. The molecule has 2 rings (SSSR count). The second-order valence-corrected chi connectivity index (χ2v) is 6.01. The van der Waals surface area contributed by atoms with Crippen molar-refractivity contribution in [2.45, 2.75) is 10.9 Å². The fraction of sp³-hybridized carbons (Fsp3) is 0.455. The Hall–Kier alpha value is -1.11. The fourth-order valence-electron chi connectivity index (χ4n) is 1.65. The van der Waals surface area contributed by atoms with Gasteiger partial charge in [-0.15, -0.1) is 0 Å². The van der Waals surface area contributed by atoms with Gasteiger partial charge in [-0.1, -0.05) is 6.07 Å². The molecule has 0 saturated carbocycles. The second kappa shape index (κ2) is 4.64. The minimum absolute atomic E-state index is 0.0474. The molecule has 0 aromatic heterocycles. The molecule has 1 aromatic carbocycles. The van der Waals surface area contributed by atoms with Crippen LogP contribution in [0, 0.1) is 0 Å². The molecule has 0 amide bonds. The van der Waals surface area contributed by atoms with Gasteiger partial charge in [-0.05, 0) is 12.1 Å². The quantitative estimate of drug-likeness (QED) is 0.841. The topological polar surface area (TPSA) is 58.6 Å². The average Bonchev–Trinajstić information content (AvgIpc) is 2.26. The van der Waals surface area contributed by atoms with E-state index in [9.17, 15) is 8.42 Å². The van der Waals surface area contributed by atoms with Crippen LogP contribution in [-0.4, -0.2) is 46.0 Å². The molecule has 0 bridgehead atoms. The van der Waals surface area contributed by atoms with Crippen LogP contribution in [0.3, 0.4) is 0 Å². The molecule has 1 aromatic rings. The van der Waals surface area contributed by atoms with Crippen molar-refractivity contribution in [3.8, 4) is 5.75 Å². The van der Waals surface area contributed by atoms with Crippen molar-refractivity contribution in [2.75, 3.05) is 27.2 Å². The van der Waals surface area contributed by atoms with E-state index < -0.39 is 10.0 Å². The van der Waals surface area contributed by atoms with Gasteiger partial charge in [0.2, 0.25) is 10.0 Å². The normalized spacial score (nSPS) is 16.9. The van der Waals surface area contributed by atoms with Crippen LogP contribution in [0.4, 0.5) is 0 Å². The number of sulfonamides is 1. The predicted octanol–water partition coefficient (Wildman–Crippen LogP) is 0.287. The number of rotatable bonds is 4. The van der Waals surface area contributed by atoms with Crippen molar-refractivity contribution in [1.82, 2.24) is 9.62 Å². The monoisotopic (exact) mass is 256 g/mol. The molecule has 1 N–H and O–H groups in total. The highest BCUT2D eigenvalue weighted by Gasteiger charge is 2.31. The highest BCUT2D eigenvalue weighted by Crippen LogP contribution is 2.22. The lowest BCUT2D eigenvalue weighted by molar-refractivity contribution is 0.274. The zero-order chi connectivity index (χ0) is 12.5. The zero-order valence-corrected chi connectivity index (χ0v) is 10.7. The summed E-state index contributed by atoms with van der Waals surface area (Å²) in [5.74, 6) is 0.547. The summed E-state index contributed by atoms with van der Waals surface area (Å²) in [6.07, 6.45) is 0. The Morgan fingerprint density at radius 1 is 1.41 bits per heavy atom. The van der Waals surface area contributed by atoms with Gasteiger partial charge in [-0.3, -0.25) is 0 Å². The van der Waals surface area contributed by atoms with Gasteiger partial charge in [0, 0.05) is 32.2 Å². The van der Waals surface area contributed by atoms with E-state index in [2.05, 4.69) is 5.32 Å². The zero-order valence-electron chi connectivity index (χ0n) is 9.88. The Bertz CT molecular complexity index is 497. The lowest BCUT2D eigenvalue weighted by Gasteiger charge is -2.34. The average molecular weight is 256 g/mol. The summed E-state index contributed by atoms with van der Waals surface area (Å²) < 4.78 is 31.0. The van der Waals surface area contributed by atoms with E-state index in [4.69, 9.17) is 4.74 Å². The molecular weight excluding hydrogens is 240 g/mol. The second-order valence-electron chi connectivity index (χ2n) is 4.01. The summed E-state index contributed by atoms with van der Waals surface area (Å²) in [5.41, 5.74) is 0. The van der Waals surface area contributed by atoms with Crippen molar-refractivity contribution in [1.29, 1.82) is 0 Å². The van der Waals surface area contributed by atoms with Crippen LogP contribution in [0.1, 0.15) is 0 Å². The first-order valence-corrected chi connectivity index (χ1v) is 6.82. The molecule has 0 aliphatic carbocycles. The van der Waals surface area contributed by atoms with Gasteiger partial charge >= 0.3 is 0 Å².